The predicted molar refractivity (Wildman–Crippen MR) is 77.1 cm³/mol. The van der Waals surface area contributed by atoms with Crippen molar-refractivity contribution >= 4 is 27.3 Å². The van der Waals surface area contributed by atoms with Crippen LogP contribution in [-0.4, -0.2) is 6.54 Å². The molecule has 1 aromatic heterocycles. The lowest BCUT2D eigenvalue weighted by atomic mass is 9.82. The van der Waals surface area contributed by atoms with Gasteiger partial charge in [-0.3, -0.25) is 0 Å². The summed E-state index contributed by atoms with van der Waals surface area (Å²) in [6.07, 6.45) is 0. The van der Waals surface area contributed by atoms with Crippen LogP contribution in [0, 0.1) is 11.3 Å². The van der Waals surface area contributed by atoms with Crippen molar-refractivity contribution in [2.45, 2.75) is 40.7 Å². The van der Waals surface area contributed by atoms with Gasteiger partial charge in [0.25, 0.3) is 0 Å². The van der Waals surface area contributed by atoms with Crippen LogP contribution in [0.2, 0.25) is 0 Å². The maximum Gasteiger partial charge on any atom is 0.0701 e. The molecule has 0 amide bonds. The number of nitrogens with one attached hydrogen (secondary N) is 1. The van der Waals surface area contributed by atoms with Gasteiger partial charge in [-0.25, -0.2) is 0 Å². The number of halogens is 1. The van der Waals surface area contributed by atoms with Gasteiger partial charge in [0.2, 0.25) is 0 Å². The van der Waals surface area contributed by atoms with E-state index in [9.17, 15) is 0 Å². The van der Waals surface area contributed by atoms with E-state index in [1.807, 2.05) is 11.3 Å². The molecular formula is C13H22BrNS. The molecule has 3 heteroatoms. The molecule has 1 nitrogen and oxygen atoms in total. The van der Waals surface area contributed by atoms with Crippen molar-refractivity contribution in [2.24, 2.45) is 11.3 Å². The van der Waals surface area contributed by atoms with E-state index in [0.29, 0.717) is 17.4 Å². The Morgan fingerprint density at radius 3 is 2.38 bits per heavy atom. The molecule has 92 valence electrons. The Morgan fingerprint density at radius 2 is 1.94 bits per heavy atom. The van der Waals surface area contributed by atoms with E-state index in [4.69, 9.17) is 0 Å². The van der Waals surface area contributed by atoms with Gasteiger partial charge in [0.05, 0.1) is 3.79 Å². The largest absolute Gasteiger partial charge is 0.309 e. The zero-order valence-electron chi connectivity index (χ0n) is 10.8. The Morgan fingerprint density at radius 1 is 1.31 bits per heavy atom. The fraction of sp³-hybridized carbons (Fsp3) is 0.692. The van der Waals surface area contributed by atoms with E-state index in [0.717, 1.165) is 6.54 Å². The molecule has 1 rings (SSSR count). The lowest BCUT2D eigenvalue weighted by Gasteiger charge is -2.28. The van der Waals surface area contributed by atoms with Crippen LogP contribution in [0.15, 0.2) is 15.9 Å². The van der Waals surface area contributed by atoms with E-state index in [1.165, 1.54) is 8.66 Å². The summed E-state index contributed by atoms with van der Waals surface area (Å²) in [4.78, 5) is 1.40. The van der Waals surface area contributed by atoms with Crippen molar-refractivity contribution in [3.05, 3.63) is 20.8 Å². The van der Waals surface area contributed by atoms with Crippen LogP contribution in [0.4, 0.5) is 0 Å². The first-order valence-electron chi connectivity index (χ1n) is 5.79. The van der Waals surface area contributed by atoms with Crippen molar-refractivity contribution < 1.29 is 0 Å². The second kappa shape index (κ2) is 5.65. The van der Waals surface area contributed by atoms with Crippen LogP contribution in [0.5, 0.6) is 0 Å². The number of hydrogen-bond donors (Lipinski definition) is 1. The van der Waals surface area contributed by atoms with Gasteiger partial charge < -0.3 is 5.32 Å². The minimum Gasteiger partial charge on any atom is -0.309 e. The zero-order chi connectivity index (χ0) is 12.3. The molecule has 1 N–H and O–H groups in total. The fourth-order valence-corrected chi connectivity index (χ4v) is 2.77. The SMILES string of the molecule is CC(NCC(C)C(C)(C)C)c1ccc(Br)s1. The van der Waals surface area contributed by atoms with Crippen LogP contribution in [0.25, 0.3) is 0 Å². The molecule has 0 saturated heterocycles. The molecule has 1 aromatic rings. The third kappa shape index (κ3) is 4.19. The summed E-state index contributed by atoms with van der Waals surface area (Å²) in [7, 11) is 0. The average molecular weight is 304 g/mol. The van der Waals surface area contributed by atoms with E-state index in [-0.39, 0.29) is 0 Å². The summed E-state index contributed by atoms with van der Waals surface area (Å²) >= 11 is 5.31. The number of rotatable bonds is 4. The molecule has 0 fully saturated rings. The van der Waals surface area contributed by atoms with E-state index in [2.05, 4.69) is 68.0 Å². The third-order valence-electron chi connectivity index (χ3n) is 3.23. The first kappa shape index (κ1) is 14.2. The van der Waals surface area contributed by atoms with Crippen LogP contribution < -0.4 is 5.32 Å². The molecule has 0 radical (unpaired) electrons. The summed E-state index contributed by atoms with van der Waals surface area (Å²) in [5, 5.41) is 3.61. The van der Waals surface area contributed by atoms with Crippen molar-refractivity contribution in [1.29, 1.82) is 0 Å². The van der Waals surface area contributed by atoms with Crippen LogP contribution in [0.3, 0.4) is 0 Å². The second-order valence-electron chi connectivity index (χ2n) is 5.54. The summed E-state index contributed by atoms with van der Waals surface area (Å²) < 4.78 is 1.21. The second-order valence-corrected chi connectivity index (χ2v) is 8.03. The smallest absolute Gasteiger partial charge is 0.0701 e. The number of thiophene rings is 1. The Kier molecular flexibility index (Phi) is 5.02. The standard InChI is InChI=1S/C13H22BrNS/c1-9(13(3,4)5)8-15-10(2)11-6-7-12(14)16-11/h6-7,9-10,15H,8H2,1-5H3. The minimum absolute atomic E-state index is 0.378. The van der Waals surface area contributed by atoms with E-state index in [1.54, 1.807) is 0 Å². The van der Waals surface area contributed by atoms with Gasteiger partial charge in [-0.05, 0) is 52.9 Å². The van der Waals surface area contributed by atoms with Crippen LogP contribution >= 0.6 is 27.3 Å². The van der Waals surface area contributed by atoms with Gasteiger partial charge in [0, 0.05) is 10.9 Å². The lowest BCUT2D eigenvalue weighted by Crippen LogP contribution is -2.31. The molecule has 0 aliphatic rings. The highest BCUT2D eigenvalue weighted by molar-refractivity contribution is 9.11. The summed E-state index contributed by atoms with van der Waals surface area (Å²) in [5.41, 5.74) is 0.378. The summed E-state index contributed by atoms with van der Waals surface area (Å²) in [6, 6.07) is 4.75. The van der Waals surface area contributed by atoms with Gasteiger partial charge in [0.1, 0.15) is 0 Å². The molecule has 0 spiro atoms. The Labute approximate surface area is 112 Å². The lowest BCUT2D eigenvalue weighted by molar-refractivity contribution is 0.247. The maximum absolute atomic E-state index is 3.61. The normalized spacial score (nSPS) is 16.1. The molecule has 0 bridgehead atoms. The highest BCUT2D eigenvalue weighted by atomic mass is 79.9. The molecule has 2 unspecified atom stereocenters. The quantitative estimate of drug-likeness (QED) is 0.839. The molecule has 16 heavy (non-hydrogen) atoms. The molecule has 2 atom stereocenters. The first-order chi connectivity index (χ1) is 7.30. The molecule has 0 aromatic carbocycles. The Bertz CT molecular complexity index is 327. The fourth-order valence-electron chi connectivity index (χ4n) is 1.32. The third-order valence-corrected chi connectivity index (χ3v) is 5.04. The molecule has 1 heterocycles. The van der Waals surface area contributed by atoms with Crippen LogP contribution in [0.1, 0.15) is 45.5 Å². The first-order valence-corrected chi connectivity index (χ1v) is 7.40. The van der Waals surface area contributed by atoms with Gasteiger partial charge in [-0.2, -0.15) is 0 Å². The van der Waals surface area contributed by atoms with Crippen molar-refractivity contribution in [1.82, 2.24) is 5.32 Å². The van der Waals surface area contributed by atoms with Crippen molar-refractivity contribution in [3.63, 3.8) is 0 Å². The Hall–Kier alpha value is 0.140. The van der Waals surface area contributed by atoms with Crippen molar-refractivity contribution in [3.8, 4) is 0 Å². The van der Waals surface area contributed by atoms with Crippen LogP contribution in [-0.2, 0) is 0 Å². The van der Waals surface area contributed by atoms with Gasteiger partial charge in [-0.1, -0.05) is 27.7 Å². The minimum atomic E-state index is 0.378. The summed E-state index contributed by atoms with van der Waals surface area (Å²) in [6.45, 7) is 12.5. The van der Waals surface area contributed by atoms with Gasteiger partial charge in [-0.15, -0.1) is 11.3 Å². The number of hydrogen-bond acceptors (Lipinski definition) is 2. The van der Waals surface area contributed by atoms with Crippen molar-refractivity contribution in [2.75, 3.05) is 6.54 Å². The molecular weight excluding hydrogens is 282 g/mol. The topological polar surface area (TPSA) is 12.0 Å². The average Bonchev–Trinajstić information content (AvgIpc) is 2.59. The summed E-state index contributed by atoms with van der Waals surface area (Å²) in [5.74, 6) is 0.679. The Balaban J connectivity index is 2.44. The highest BCUT2D eigenvalue weighted by Gasteiger charge is 2.20. The van der Waals surface area contributed by atoms with Gasteiger partial charge in [0.15, 0.2) is 0 Å². The highest BCUT2D eigenvalue weighted by Crippen LogP contribution is 2.28. The van der Waals surface area contributed by atoms with E-state index >= 15 is 0 Å². The van der Waals surface area contributed by atoms with E-state index < -0.39 is 0 Å². The molecule has 0 aliphatic carbocycles. The van der Waals surface area contributed by atoms with Gasteiger partial charge >= 0.3 is 0 Å². The predicted octanol–water partition coefficient (Wildman–Crippen LogP) is 4.84. The zero-order valence-corrected chi connectivity index (χ0v) is 13.2. The molecule has 0 saturated carbocycles. The monoisotopic (exact) mass is 303 g/mol. The maximum atomic E-state index is 3.61. The molecule has 0 aliphatic heterocycles.